The molecule has 1 atom stereocenters. The Labute approximate surface area is 216 Å². The van der Waals surface area contributed by atoms with Crippen LogP contribution in [0.2, 0.25) is 5.02 Å². The number of rotatable bonds is 10. The normalized spacial score (nSPS) is 11.6. The zero-order valence-corrected chi connectivity index (χ0v) is 21.7. The maximum atomic E-state index is 14.2. The van der Waals surface area contributed by atoms with Gasteiger partial charge in [0.2, 0.25) is 0 Å². The summed E-state index contributed by atoms with van der Waals surface area (Å²) >= 11 is 6.03. The predicted molar refractivity (Wildman–Crippen MR) is 144 cm³/mol. The van der Waals surface area contributed by atoms with Crippen LogP contribution >= 0.6 is 11.6 Å². The molecule has 0 fully saturated rings. The number of carbonyl (C=O) groups excluding carboxylic acids is 2. The molecule has 3 aromatic carbocycles. The van der Waals surface area contributed by atoms with Crippen LogP contribution in [-0.2, 0) is 9.59 Å². The van der Waals surface area contributed by atoms with Crippen molar-refractivity contribution in [3.05, 3.63) is 93.5 Å². The van der Waals surface area contributed by atoms with E-state index >= 15 is 0 Å². The first-order valence-corrected chi connectivity index (χ1v) is 12.2. The molecule has 0 bridgehead atoms. The topological polar surface area (TPSA) is 86.7 Å². The molecule has 3 aromatic rings. The number of ketones is 1. The minimum Gasteiger partial charge on any atom is -0.481 e. The van der Waals surface area contributed by atoms with Crippen LogP contribution in [0.4, 0.5) is 11.4 Å². The third-order valence-electron chi connectivity index (χ3n) is 6.16. The summed E-state index contributed by atoms with van der Waals surface area (Å²) in [5, 5.41) is 12.9. The van der Waals surface area contributed by atoms with Crippen molar-refractivity contribution in [1.29, 1.82) is 0 Å². The molecule has 6 nitrogen and oxygen atoms in total. The lowest BCUT2D eigenvalue weighted by molar-refractivity contribution is -0.137. The van der Waals surface area contributed by atoms with Gasteiger partial charge in [-0.1, -0.05) is 48.0 Å². The number of nitrogens with zero attached hydrogens (tertiary/aromatic N) is 1. The van der Waals surface area contributed by atoms with Gasteiger partial charge >= 0.3 is 5.97 Å². The largest absolute Gasteiger partial charge is 0.481 e. The number of amides is 1. The van der Waals surface area contributed by atoms with Crippen LogP contribution in [0.25, 0.3) is 0 Å². The first-order valence-electron chi connectivity index (χ1n) is 11.8. The molecular formula is C29H31ClN2O4. The van der Waals surface area contributed by atoms with E-state index in [0.717, 1.165) is 22.3 Å². The van der Waals surface area contributed by atoms with Crippen LogP contribution in [0.3, 0.4) is 0 Å². The highest BCUT2D eigenvalue weighted by Crippen LogP contribution is 2.28. The molecule has 0 aliphatic heterocycles. The van der Waals surface area contributed by atoms with Gasteiger partial charge in [-0.25, -0.2) is 0 Å². The fourth-order valence-electron chi connectivity index (χ4n) is 4.31. The second kappa shape index (κ2) is 11.9. The van der Waals surface area contributed by atoms with Crippen LogP contribution in [0.5, 0.6) is 0 Å². The smallest absolute Gasteiger partial charge is 0.303 e. The average Bonchev–Trinajstić information content (AvgIpc) is 2.82. The molecule has 0 saturated heterocycles. The molecule has 1 unspecified atom stereocenters. The van der Waals surface area contributed by atoms with E-state index in [1.807, 2.05) is 64.1 Å². The number of carboxylic acid groups (broad SMARTS) is 1. The first kappa shape index (κ1) is 27.0. The Morgan fingerprint density at radius 1 is 0.861 bits per heavy atom. The van der Waals surface area contributed by atoms with Crippen LogP contribution in [0.1, 0.15) is 45.5 Å². The molecular weight excluding hydrogens is 476 g/mol. The van der Waals surface area contributed by atoms with Crippen LogP contribution in [-0.4, -0.2) is 35.4 Å². The standard InChI is InChI=1S/C29H31ClN2O4/c1-18-8-5-9-19(2)25(18)31-26(28(35)22-13-15-23(30)16-14-22)29(36)32(17-7-12-24(33)34)27-20(3)10-6-11-21(27)4/h5-6,8-11,13-16,26,31H,7,12,17H2,1-4H3,(H,33,34). The molecule has 188 valence electrons. The monoisotopic (exact) mass is 506 g/mol. The Morgan fingerprint density at radius 3 is 1.92 bits per heavy atom. The maximum Gasteiger partial charge on any atom is 0.303 e. The first-order chi connectivity index (χ1) is 17.1. The van der Waals surface area contributed by atoms with Gasteiger partial charge < -0.3 is 15.3 Å². The fraction of sp³-hybridized carbons (Fsp3) is 0.276. The fourth-order valence-corrected chi connectivity index (χ4v) is 4.44. The Morgan fingerprint density at radius 2 is 1.39 bits per heavy atom. The van der Waals surface area contributed by atoms with E-state index in [-0.39, 0.29) is 19.4 Å². The molecule has 0 radical (unpaired) electrons. The van der Waals surface area contributed by atoms with Gasteiger partial charge in [-0.2, -0.15) is 0 Å². The van der Waals surface area contributed by atoms with E-state index in [1.165, 1.54) is 0 Å². The second-order valence-electron chi connectivity index (χ2n) is 8.94. The minimum atomic E-state index is -1.23. The number of benzene rings is 3. The summed E-state index contributed by atoms with van der Waals surface area (Å²) in [7, 11) is 0. The number of aryl methyl sites for hydroxylation is 4. The van der Waals surface area contributed by atoms with Gasteiger partial charge in [0.15, 0.2) is 11.8 Å². The lowest BCUT2D eigenvalue weighted by Gasteiger charge is -2.31. The Bertz CT molecular complexity index is 1230. The number of aliphatic carboxylic acids is 1. The minimum absolute atomic E-state index is 0.0885. The Hall–Kier alpha value is -3.64. The summed E-state index contributed by atoms with van der Waals surface area (Å²) in [6, 6.07) is 16.7. The molecule has 0 aromatic heterocycles. The number of carboxylic acids is 1. The van der Waals surface area contributed by atoms with Gasteiger partial charge in [0.05, 0.1) is 0 Å². The van der Waals surface area contributed by atoms with Crippen molar-refractivity contribution in [2.24, 2.45) is 0 Å². The average molecular weight is 507 g/mol. The highest BCUT2D eigenvalue weighted by atomic mass is 35.5. The van der Waals surface area contributed by atoms with Crippen LogP contribution in [0, 0.1) is 27.7 Å². The Balaban J connectivity index is 2.10. The van der Waals surface area contributed by atoms with E-state index in [9.17, 15) is 19.5 Å². The summed E-state index contributed by atoms with van der Waals surface area (Å²) < 4.78 is 0. The van der Waals surface area contributed by atoms with Gasteiger partial charge in [-0.3, -0.25) is 14.4 Å². The zero-order valence-electron chi connectivity index (χ0n) is 21.0. The van der Waals surface area contributed by atoms with Crippen molar-refractivity contribution in [1.82, 2.24) is 0 Å². The molecule has 0 aliphatic carbocycles. The van der Waals surface area contributed by atoms with E-state index < -0.39 is 23.7 Å². The number of carbonyl (C=O) groups is 3. The predicted octanol–water partition coefficient (Wildman–Crippen LogP) is 6.14. The number of hydrogen-bond acceptors (Lipinski definition) is 4. The van der Waals surface area contributed by atoms with E-state index in [1.54, 1.807) is 29.2 Å². The van der Waals surface area contributed by atoms with E-state index in [0.29, 0.717) is 22.0 Å². The summed E-state index contributed by atoms with van der Waals surface area (Å²) in [5.74, 6) is -1.78. The highest BCUT2D eigenvalue weighted by molar-refractivity contribution is 6.30. The molecule has 1 amide bonds. The Kier molecular flexibility index (Phi) is 8.88. The van der Waals surface area contributed by atoms with Crippen molar-refractivity contribution < 1.29 is 19.5 Å². The second-order valence-corrected chi connectivity index (χ2v) is 9.38. The molecule has 2 N–H and O–H groups in total. The maximum absolute atomic E-state index is 14.2. The van der Waals surface area contributed by atoms with Crippen LogP contribution < -0.4 is 10.2 Å². The molecule has 36 heavy (non-hydrogen) atoms. The third-order valence-corrected chi connectivity index (χ3v) is 6.41. The van der Waals surface area contributed by atoms with Gasteiger partial charge in [-0.05, 0) is 80.6 Å². The molecule has 0 heterocycles. The van der Waals surface area contributed by atoms with E-state index in [2.05, 4.69) is 5.32 Å². The molecule has 0 aliphatic rings. The van der Waals surface area contributed by atoms with Gasteiger partial charge in [0.25, 0.3) is 5.91 Å². The van der Waals surface area contributed by atoms with Crippen molar-refractivity contribution in [3.63, 3.8) is 0 Å². The van der Waals surface area contributed by atoms with Gasteiger partial charge in [0.1, 0.15) is 0 Å². The molecule has 0 saturated carbocycles. The summed E-state index contributed by atoms with van der Waals surface area (Å²) in [4.78, 5) is 40.7. The van der Waals surface area contributed by atoms with Gasteiger partial charge in [-0.15, -0.1) is 0 Å². The number of para-hydroxylation sites is 2. The zero-order chi connectivity index (χ0) is 26.4. The van der Waals surface area contributed by atoms with Crippen molar-refractivity contribution in [2.75, 3.05) is 16.8 Å². The van der Waals surface area contributed by atoms with Crippen molar-refractivity contribution >= 4 is 40.6 Å². The number of anilines is 2. The summed E-state index contributed by atoms with van der Waals surface area (Å²) in [6.45, 7) is 7.79. The molecule has 7 heteroatoms. The SMILES string of the molecule is Cc1cccc(C)c1NC(C(=O)c1ccc(Cl)cc1)C(=O)N(CCCC(=O)O)c1c(C)cccc1C. The van der Waals surface area contributed by atoms with Crippen LogP contribution in [0.15, 0.2) is 60.7 Å². The molecule has 0 spiro atoms. The molecule has 3 rings (SSSR count). The van der Waals surface area contributed by atoms with Crippen molar-refractivity contribution in [2.45, 2.75) is 46.6 Å². The van der Waals surface area contributed by atoms with Gasteiger partial charge in [0, 0.05) is 34.9 Å². The highest BCUT2D eigenvalue weighted by Gasteiger charge is 2.34. The number of halogens is 1. The number of hydrogen-bond donors (Lipinski definition) is 2. The summed E-state index contributed by atoms with van der Waals surface area (Å²) in [5.41, 5.74) is 5.29. The quantitative estimate of drug-likeness (QED) is 0.255. The lowest BCUT2D eigenvalue weighted by atomic mass is 9.99. The number of Topliss-reactive ketones (excluding diaryl/α,β-unsaturated/α-hetero) is 1. The van der Waals surface area contributed by atoms with Crippen molar-refractivity contribution in [3.8, 4) is 0 Å². The third kappa shape index (κ3) is 6.32. The summed E-state index contributed by atoms with van der Waals surface area (Å²) in [6.07, 6.45) is 0.162. The number of nitrogens with one attached hydrogen (secondary N) is 1. The van der Waals surface area contributed by atoms with E-state index in [4.69, 9.17) is 11.6 Å². The lowest BCUT2D eigenvalue weighted by Crippen LogP contribution is -2.48.